The molecule has 0 aromatic carbocycles. The lowest BCUT2D eigenvalue weighted by Gasteiger charge is -2.09. The van der Waals surface area contributed by atoms with Gasteiger partial charge in [0, 0.05) is 11.9 Å². The fourth-order valence-electron chi connectivity index (χ4n) is 1.29. The third kappa shape index (κ3) is 4.19. The van der Waals surface area contributed by atoms with E-state index in [2.05, 4.69) is 20.8 Å². The van der Waals surface area contributed by atoms with Crippen LogP contribution in [-0.2, 0) is 11.3 Å². The zero-order valence-corrected chi connectivity index (χ0v) is 13.0. The molecule has 0 aliphatic heterocycles. The molecule has 0 fully saturated rings. The summed E-state index contributed by atoms with van der Waals surface area (Å²) >= 11 is 4.50. The molecule has 8 heteroatoms. The lowest BCUT2D eigenvalue weighted by atomic mass is 10.4. The van der Waals surface area contributed by atoms with E-state index in [9.17, 15) is 4.79 Å². The molecule has 0 saturated heterocycles. The number of hydrogen-bond donors (Lipinski definition) is 2. The molecule has 19 heavy (non-hydrogen) atoms. The van der Waals surface area contributed by atoms with E-state index in [0.29, 0.717) is 6.54 Å². The highest BCUT2D eigenvalue weighted by molar-refractivity contribution is 8.02. The molecule has 0 aliphatic carbocycles. The van der Waals surface area contributed by atoms with Crippen molar-refractivity contribution in [3.8, 4) is 0 Å². The Labute approximate surface area is 123 Å². The summed E-state index contributed by atoms with van der Waals surface area (Å²) in [6, 6.07) is 3.98. The van der Waals surface area contributed by atoms with Crippen LogP contribution in [0.15, 0.2) is 21.9 Å². The number of carbonyl (C=O) groups excluding carboxylic acids is 1. The van der Waals surface area contributed by atoms with Crippen LogP contribution in [0, 0.1) is 0 Å². The third-order valence-electron chi connectivity index (χ3n) is 2.28. The molecular formula is C11H14N4OS3. The summed E-state index contributed by atoms with van der Waals surface area (Å²) in [4.78, 5) is 13.1. The molecule has 1 atom stereocenters. The zero-order valence-electron chi connectivity index (χ0n) is 10.5. The topological polar surface area (TPSA) is 66.9 Å². The van der Waals surface area contributed by atoms with Crippen molar-refractivity contribution >= 4 is 45.5 Å². The molecule has 0 saturated carbocycles. The molecule has 0 bridgehead atoms. The van der Waals surface area contributed by atoms with Crippen LogP contribution in [0.5, 0.6) is 0 Å². The predicted octanol–water partition coefficient (Wildman–Crippen LogP) is 2.44. The Bertz CT molecular complexity index is 526. The summed E-state index contributed by atoms with van der Waals surface area (Å²) < 4.78 is 0.795. The smallest absolute Gasteiger partial charge is 0.233 e. The third-order valence-corrected chi connectivity index (χ3v) is 5.29. The van der Waals surface area contributed by atoms with Gasteiger partial charge in [-0.1, -0.05) is 29.2 Å². The molecule has 2 aromatic heterocycles. The maximum Gasteiger partial charge on any atom is 0.233 e. The van der Waals surface area contributed by atoms with Crippen molar-refractivity contribution in [3.63, 3.8) is 0 Å². The number of carbonyl (C=O) groups is 1. The standard InChI is InChI=1S/C11H14N4OS3/c1-7(18-11-15-14-10(12-2)19-11)9(16)13-6-8-4-3-5-17-8/h3-5,7H,6H2,1-2H3,(H,12,14)(H,13,16)/t7-/m0/s1. The van der Waals surface area contributed by atoms with Gasteiger partial charge in [0.2, 0.25) is 11.0 Å². The molecular weight excluding hydrogens is 300 g/mol. The van der Waals surface area contributed by atoms with Crippen LogP contribution in [0.25, 0.3) is 0 Å². The SMILES string of the molecule is CNc1nnc(S[C@@H](C)C(=O)NCc2cccs2)s1. The first-order chi connectivity index (χ1) is 9.19. The van der Waals surface area contributed by atoms with E-state index < -0.39 is 0 Å². The number of nitrogens with one attached hydrogen (secondary N) is 2. The fourth-order valence-corrected chi connectivity index (χ4v) is 3.81. The summed E-state index contributed by atoms with van der Waals surface area (Å²) in [5.74, 6) is 0.0135. The van der Waals surface area contributed by atoms with Crippen molar-refractivity contribution in [2.75, 3.05) is 12.4 Å². The number of rotatable bonds is 6. The average Bonchev–Trinajstić information content (AvgIpc) is 3.06. The Kier molecular flexibility index (Phi) is 5.17. The van der Waals surface area contributed by atoms with Gasteiger partial charge in [-0.3, -0.25) is 4.79 Å². The molecule has 2 rings (SSSR count). The maximum atomic E-state index is 11.9. The van der Waals surface area contributed by atoms with E-state index in [4.69, 9.17) is 0 Å². The van der Waals surface area contributed by atoms with Crippen molar-refractivity contribution in [1.82, 2.24) is 15.5 Å². The van der Waals surface area contributed by atoms with Gasteiger partial charge in [0.25, 0.3) is 0 Å². The van der Waals surface area contributed by atoms with Crippen LogP contribution in [0.3, 0.4) is 0 Å². The van der Waals surface area contributed by atoms with Gasteiger partial charge in [0.15, 0.2) is 4.34 Å². The van der Waals surface area contributed by atoms with E-state index >= 15 is 0 Å². The van der Waals surface area contributed by atoms with Gasteiger partial charge >= 0.3 is 0 Å². The summed E-state index contributed by atoms with van der Waals surface area (Å²) in [5.41, 5.74) is 0. The summed E-state index contributed by atoms with van der Waals surface area (Å²) in [6.07, 6.45) is 0. The Morgan fingerprint density at radius 1 is 1.53 bits per heavy atom. The van der Waals surface area contributed by atoms with Gasteiger partial charge in [0.1, 0.15) is 0 Å². The van der Waals surface area contributed by atoms with Gasteiger partial charge < -0.3 is 10.6 Å². The van der Waals surface area contributed by atoms with Crippen LogP contribution in [-0.4, -0.2) is 28.4 Å². The maximum absolute atomic E-state index is 11.9. The van der Waals surface area contributed by atoms with Crippen molar-refractivity contribution in [2.45, 2.75) is 23.1 Å². The minimum atomic E-state index is -0.183. The second kappa shape index (κ2) is 6.88. The average molecular weight is 314 g/mol. The van der Waals surface area contributed by atoms with Gasteiger partial charge in [-0.05, 0) is 18.4 Å². The van der Waals surface area contributed by atoms with Crippen molar-refractivity contribution in [1.29, 1.82) is 0 Å². The minimum Gasteiger partial charge on any atom is -0.363 e. The van der Waals surface area contributed by atoms with E-state index in [1.807, 2.05) is 24.4 Å². The van der Waals surface area contributed by atoms with Crippen LogP contribution >= 0.6 is 34.4 Å². The molecule has 2 N–H and O–H groups in total. The van der Waals surface area contributed by atoms with Gasteiger partial charge in [-0.2, -0.15) is 0 Å². The molecule has 2 heterocycles. The number of anilines is 1. The lowest BCUT2D eigenvalue weighted by molar-refractivity contribution is -0.120. The molecule has 0 radical (unpaired) electrons. The van der Waals surface area contributed by atoms with E-state index in [0.717, 1.165) is 14.3 Å². The highest BCUT2D eigenvalue weighted by Gasteiger charge is 2.16. The second-order valence-electron chi connectivity index (χ2n) is 3.68. The predicted molar refractivity (Wildman–Crippen MR) is 80.9 cm³/mol. The molecule has 2 aromatic rings. The van der Waals surface area contributed by atoms with Crippen LogP contribution in [0.4, 0.5) is 5.13 Å². The number of amides is 1. The van der Waals surface area contributed by atoms with Crippen LogP contribution < -0.4 is 10.6 Å². The highest BCUT2D eigenvalue weighted by Crippen LogP contribution is 2.28. The first-order valence-corrected chi connectivity index (χ1v) is 8.24. The zero-order chi connectivity index (χ0) is 13.7. The quantitative estimate of drug-likeness (QED) is 0.802. The first-order valence-electron chi connectivity index (χ1n) is 5.67. The molecule has 0 aliphatic rings. The lowest BCUT2D eigenvalue weighted by Crippen LogP contribution is -2.30. The van der Waals surface area contributed by atoms with E-state index in [1.165, 1.54) is 23.1 Å². The summed E-state index contributed by atoms with van der Waals surface area (Å²) in [5, 5.41) is 16.4. The van der Waals surface area contributed by atoms with Crippen molar-refractivity contribution in [3.05, 3.63) is 22.4 Å². The number of thioether (sulfide) groups is 1. The molecule has 0 spiro atoms. The Morgan fingerprint density at radius 3 is 3.00 bits per heavy atom. The Hall–Kier alpha value is -1.12. The van der Waals surface area contributed by atoms with Crippen molar-refractivity contribution < 1.29 is 4.79 Å². The highest BCUT2D eigenvalue weighted by atomic mass is 32.2. The fraction of sp³-hybridized carbons (Fsp3) is 0.364. The monoisotopic (exact) mass is 314 g/mol. The van der Waals surface area contributed by atoms with Gasteiger partial charge in [-0.25, -0.2) is 0 Å². The molecule has 1 amide bonds. The normalized spacial score (nSPS) is 12.1. The second-order valence-corrected chi connectivity index (χ2v) is 7.28. The number of aromatic nitrogens is 2. The molecule has 0 unspecified atom stereocenters. The summed E-state index contributed by atoms with van der Waals surface area (Å²) in [6.45, 7) is 2.45. The minimum absolute atomic E-state index is 0.0135. The van der Waals surface area contributed by atoms with Crippen LogP contribution in [0.2, 0.25) is 0 Å². The molecule has 102 valence electrons. The number of hydrogen-bond acceptors (Lipinski definition) is 7. The Balaban J connectivity index is 1.81. The van der Waals surface area contributed by atoms with E-state index in [-0.39, 0.29) is 11.2 Å². The van der Waals surface area contributed by atoms with Gasteiger partial charge in [-0.15, -0.1) is 21.5 Å². The number of nitrogens with zero attached hydrogens (tertiary/aromatic N) is 2. The summed E-state index contributed by atoms with van der Waals surface area (Å²) in [7, 11) is 1.80. The number of thiophene rings is 1. The van der Waals surface area contributed by atoms with E-state index in [1.54, 1.807) is 18.4 Å². The largest absolute Gasteiger partial charge is 0.363 e. The van der Waals surface area contributed by atoms with Crippen LogP contribution in [0.1, 0.15) is 11.8 Å². The van der Waals surface area contributed by atoms with Gasteiger partial charge in [0.05, 0.1) is 11.8 Å². The molecule has 5 nitrogen and oxygen atoms in total. The first kappa shape index (κ1) is 14.3. The Morgan fingerprint density at radius 2 is 2.37 bits per heavy atom. The van der Waals surface area contributed by atoms with Crippen molar-refractivity contribution in [2.24, 2.45) is 0 Å².